The van der Waals surface area contributed by atoms with E-state index in [-0.39, 0.29) is 6.54 Å². The maximum atomic E-state index is 11.5. The van der Waals surface area contributed by atoms with Crippen LogP contribution in [0.2, 0.25) is 0 Å². The van der Waals surface area contributed by atoms with Gasteiger partial charge in [-0.1, -0.05) is 6.07 Å². The van der Waals surface area contributed by atoms with Crippen molar-refractivity contribution >= 4 is 11.9 Å². The van der Waals surface area contributed by atoms with Gasteiger partial charge in [0.25, 0.3) is 0 Å². The number of rotatable bonds is 6. The molecule has 0 unspecified atom stereocenters. The summed E-state index contributed by atoms with van der Waals surface area (Å²) >= 11 is 0. The van der Waals surface area contributed by atoms with Crippen molar-refractivity contribution in [3.63, 3.8) is 0 Å². The highest BCUT2D eigenvalue weighted by Crippen LogP contribution is 2.02. The lowest BCUT2D eigenvalue weighted by molar-refractivity contribution is -0.138. The van der Waals surface area contributed by atoms with Gasteiger partial charge in [0.15, 0.2) is 5.82 Å². The minimum Gasteiger partial charge on any atom is -0.480 e. The van der Waals surface area contributed by atoms with Gasteiger partial charge in [-0.2, -0.15) is 0 Å². The number of hydrogen-bond acceptors (Lipinski definition) is 6. The lowest BCUT2D eigenvalue weighted by atomic mass is 10.2. The number of hydrogen-bond donors (Lipinski definition) is 2. The van der Waals surface area contributed by atoms with Gasteiger partial charge < -0.3 is 10.4 Å². The molecule has 1 amide bonds. The molecule has 0 aliphatic heterocycles. The number of carbonyl (C=O) groups is 2. The summed E-state index contributed by atoms with van der Waals surface area (Å²) in [4.78, 5) is 26.0. The summed E-state index contributed by atoms with van der Waals surface area (Å²) in [6.45, 7) is -0.570. The van der Waals surface area contributed by atoms with Gasteiger partial charge >= 0.3 is 5.97 Å². The average Bonchev–Trinajstić information content (AvgIpc) is 2.85. The molecule has 9 nitrogen and oxygen atoms in total. The van der Waals surface area contributed by atoms with Gasteiger partial charge in [0.05, 0.1) is 6.42 Å². The molecule has 0 bridgehead atoms. The SMILES string of the molecule is O=C(O)CNC(=O)Cn1nnnc1Cc1ccccn1. The second kappa shape index (κ2) is 6.36. The van der Waals surface area contributed by atoms with Gasteiger partial charge in [-0.3, -0.25) is 14.6 Å². The van der Waals surface area contributed by atoms with E-state index >= 15 is 0 Å². The average molecular weight is 276 g/mol. The Balaban J connectivity index is 1.98. The lowest BCUT2D eigenvalue weighted by Crippen LogP contribution is -2.32. The third kappa shape index (κ3) is 3.83. The van der Waals surface area contributed by atoms with Gasteiger partial charge in [-0.25, -0.2) is 4.68 Å². The van der Waals surface area contributed by atoms with Crippen LogP contribution in [0.5, 0.6) is 0 Å². The second-order valence-electron chi connectivity index (χ2n) is 3.92. The van der Waals surface area contributed by atoms with E-state index in [4.69, 9.17) is 5.11 Å². The Morgan fingerprint density at radius 2 is 2.20 bits per heavy atom. The largest absolute Gasteiger partial charge is 0.480 e. The predicted octanol–water partition coefficient (Wildman–Crippen LogP) is -1.14. The molecule has 2 N–H and O–H groups in total. The minimum absolute atomic E-state index is 0.136. The number of amides is 1. The first-order valence-corrected chi connectivity index (χ1v) is 5.78. The van der Waals surface area contributed by atoms with Crippen LogP contribution in [-0.4, -0.2) is 48.7 Å². The van der Waals surface area contributed by atoms with E-state index in [1.165, 1.54) is 4.68 Å². The van der Waals surface area contributed by atoms with E-state index < -0.39 is 18.4 Å². The molecule has 0 saturated carbocycles. The summed E-state index contributed by atoms with van der Waals surface area (Å²) in [6.07, 6.45) is 2.04. The normalized spacial score (nSPS) is 10.2. The Morgan fingerprint density at radius 3 is 2.90 bits per heavy atom. The van der Waals surface area contributed by atoms with Gasteiger partial charge in [0, 0.05) is 11.9 Å². The van der Waals surface area contributed by atoms with Crippen LogP contribution < -0.4 is 5.32 Å². The quantitative estimate of drug-likeness (QED) is 0.683. The van der Waals surface area contributed by atoms with Crippen molar-refractivity contribution in [3.8, 4) is 0 Å². The molecule has 2 aromatic rings. The van der Waals surface area contributed by atoms with Gasteiger partial charge in [0.1, 0.15) is 13.1 Å². The smallest absolute Gasteiger partial charge is 0.322 e. The summed E-state index contributed by atoms with van der Waals surface area (Å²) in [5, 5.41) is 21.7. The van der Waals surface area contributed by atoms with E-state index in [0.29, 0.717) is 12.2 Å². The van der Waals surface area contributed by atoms with Gasteiger partial charge in [0.2, 0.25) is 5.91 Å². The molecule has 0 aliphatic carbocycles. The van der Waals surface area contributed by atoms with Crippen molar-refractivity contribution < 1.29 is 14.7 Å². The fraction of sp³-hybridized carbons (Fsp3) is 0.273. The number of carboxylic acid groups (broad SMARTS) is 1. The lowest BCUT2D eigenvalue weighted by Gasteiger charge is -2.04. The monoisotopic (exact) mass is 276 g/mol. The molecule has 0 aliphatic rings. The van der Waals surface area contributed by atoms with Crippen LogP contribution in [0.15, 0.2) is 24.4 Å². The molecule has 2 rings (SSSR count). The van der Waals surface area contributed by atoms with Crippen LogP contribution in [0, 0.1) is 0 Å². The molecule has 9 heteroatoms. The van der Waals surface area contributed by atoms with E-state index in [1.54, 1.807) is 12.3 Å². The molecule has 0 fully saturated rings. The zero-order chi connectivity index (χ0) is 14.4. The first kappa shape index (κ1) is 13.6. The number of nitrogens with zero attached hydrogens (tertiary/aromatic N) is 5. The first-order chi connectivity index (χ1) is 9.65. The Morgan fingerprint density at radius 1 is 1.35 bits per heavy atom. The minimum atomic E-state index is -1.11. The molecule has 0 spiro atoms. The molecule has 0 aromatic carbocycles. The molecular formula is C11H12N6O3. The maximum absolute atomic E-state index is 11.5. The number of carbonyl (C=O) groups excluding carboxylic acids is 1. The van der Waals surface area contributed by atoms with E-state index in [2.05, 4.69) is 25.8 Å². The molecule has 104 valence electrons. The molecule has 2 heterocycles. The van der Waals surface area contributed by atoms with Crippen LogP contribution in [-0.2, 0) is 22.6 Å². The standard InChI is InChI=1S/C11H12N6O3/c18-10(13-6-11(19)20)7-17-9(14-15-16-17)5-8-3-1-2-4-12-8/h1-4H,5-7H2,(H,13,18)(H,19,20). The number of aromatic nitrogens is 5. The van der Waals surface area contributed by atoms with Gasteiger partial charge in [-0.05, 0) is 22.6 Å². The highest BCUT2D eigenvalue weighted by atomic mass is 16.4. The summed E-state index contributed by atoms with van der Waals surface area (Å²) in [7, 11) is 0. The molecule has 0 saturated heterocycles. The summed E-state index contributed by atoms with van der Waals surface area (Å²) in [5.41, 5.74) is 0.773. The van der Waals surface area contributed by atoms with Crippen molar-refractivity contribution in [1.82, 2.24) is 30.5 Å². The maximum Gasteiger partial charge on any atom is 0.322 e. The Hall–Kier alpha value is -2.84. The predicted molar refractivity (Wildman–Crippen MR) is 65.5 cm³/mol. The zero-order valence-electron chi connectivity index (χ0n) is 10.4. The number of pyridine rings is 1. The molecule has 20 heavy (non-hydrogen) atoms. The highest BCUT2D eigenvalue weighted by molar-refractivity contribution is 5.80. The Kier molecular flexibility index (Phi) is 4.32. The highest BCUT2D eigenvalue weighted by Gasteiger charge is 2.12. The van der Waals surface area contributed by atoms with Crippen molar-refractivity contribution in [3.05, 3.63) is 35.9 Å². The van der Waals surface area contributed by atoms with Gasteiger partial charge in [-0.15, -0.1) is 5.10 Å². The van der Waals surface area contributed by atoms with Crippen LogP contribution in [0.1, 0.15) is 11.5 Å². The van der Waals surface area contributed by atoms with Crippen molar-refractivity contribution in [1.29, 1.82) is 0 Å². The molecular weight excluding hydrogens is 264 g/mol. The number of aliphatic carboxylic acids is 1. The first-order valence-electron chi connectivity index (χ1n) is 5.78. The van der Waals surface area contributed by atoms with Crippen molar-refractivity contribution in [2.24, 2.45) is 0 Å². The van der Waals surface area contributed by atoms with E-state index in [9.17, 15) is 9.59 Å². The number of carboxylic acids is 1. The second-order valence-corrected chi connectivity index (χ2v) is 3.92. The molecule has 0 radical (unpaired) electrons. The zero-order valence-corrected chi connectivity index (χ0v) is 10.4. The van der Waals surface area contributed by atoms with E-state index in [1.807, 2.05) is 12.1 Å². The fourth-order valence-electron chi connectivity index (χ4n) is 1.50. The van der Waals surface area contributed by atoms with Crippen LogP contribution >= 0.6 is 0 Å². The number of nitrogens with one attached hydrogen (secondary N) is 1. The third-order valence-corrected chi connectivity index (χ3v) is 2.40. The van der Waals surface area contributed by atoms with Crippen LogP contribution in [0.4, 0.5) is 0 Å². The molecule has 2 aromatic heterocycles. The Labute approximate surface area is 113 Å². The summed E-state index contributed by atoms with van der Waals surface area (Å²) in [5.74, 6) is -1.10. The summed E-state index contributed by atoms with van der Waals surface area (Å²) in [6, 6.07) is 5.46. The Bertz CT molecular complexity index is 597. The van der Waals surface area contributed by atoms with Crippen molar-refractivity contribution in [2.75, 3.05) is 6.54 Å². The van der Waals surface area contributed by atoms with Crippen LogP contribution in [0.25, 0.3) is 0 Å². The number of tetrazole rings is 1. The molecule has 0 atom stereocenters. The van der Waals surface area contributed by atoms with Crippen LogP contribution in [0.3, 0.4) is 0 Å². The third-order valence-electron chi connectivity index (χ3n) is 2.40. The van der Waals surface area contributed by atoms with E-state index in [0.717, 1.165) is 5.69 Å². The van der Waals surface area contributed by atoms with Crippen molar-refractivity contribution in [2.45, 2.75) is 13.0 Å². The topological polar surface area (TPSA) is 123 Å². The fourth-order valence-corrected chi connectivity index (χ4v) is 1.50. The summed E-state index contributed by atoms with van der Waals surface area (Å²) < 4.78 is 1.31.